The summed E-state index contributed by atoms with van der Waals surface area (Å²) < 4.78 is 12.9. The Balaban J connectivity index is 2.24. The van der Waals surface area contributed by atoms with E-state index in [2.05, 4.69) is 9.97 Å². The molecule has 112 valence electrons. The van der Waals surface area contributed by atoms with Crippen molar-refractivity contribution in [1.29, 1.82) is 0 Å². The molecule has 0 saturated carbocycles. The second kappa shape index (κ2) is 5.68. The Kier molecular flexibility index (Phi) is 4.11. The van der Waals surface area contributed by atoms with Crippen molar-refractivity contribution in [2.45, 2.75) is 32.7 Å². The summed E-state index contributed by atoms with van der Waals surface area (Å²) in [5, 5.41) is 0. The highest BCUT2D eigenvalue weighted by molar-refractivity contribution is 5.47. The van der Waals surface area contributed by atoms with Crippen molar-refractivity contribution in [2.24, 2.45) is 0 Å². The lowest BCUT2D eigenvalue weighted by Gasteiger charge is -2.22. The molecule has 0 bridgehead atoms. The van der Waals surface area contributed by atoms with Gasteiger partial charge < -0.3 is 10.6 Å². The summed E-state index contributed by atoms with van der Waals surface area (Å²) in [6.45, 7) is 6.77. The summed E-state index contributed by atoms with van der Waals surface area (Å²) >= 11 is 0. The second-order valence-corrected chi connectivity index (χ2v) is 6.21. The highest BCUT2D eigenvalue weighted by Crippen LogP contribution is 2.23. The van der Waals surface area contributed by atoms with Gasteiger partial charge >= 0.3 is 0 Å². The molecule has 1 aromatic carbocycles. The maximum atomic E-state index is 12.9. The topological polar surface area (TPSA) is 55.0 Å². The van der Waals surface area contributed by atoms with Crippen LogP contribution in [0.3, 0.4) is 0 Å². The summed E-state index contributed by atoms with van der Waals surface area (Å²) in [6.07, 6.45) is 0. The molecule has 0 aliphatic carbocycles. The van der Waals surface area contributed by atoms with Crippen LogP contribution in [0.2, 0.25) is 0 Å². The first-order valence-corrected chi connectivity index (χ1v) is 6.86. The molecule has 0 saturated heterocycles. The monoisotopic (exact) mass is 288 g/mol. The first kappa shape index (κ1) is 15.2. The molecule has 0 fully saturated rings. The minimum atomic E-state index is -0.234. The zero-order valence-electron chi connectivity index (χ0n) is 12.9. The Morgan fingerprint density at radius 1 is 1.14 bits per heavy atom. The fraction of sp³-hybridized carbons (Fsp3) is 0.375. The fourth-order valence-corrected chi connectivity index (χ4v) is 1.93. The van der Waals surface area contributed by atoms with Gasteiger partial charge in [-0.3, -0.25) is 0 Å². The second-order valence-electron chi connectivity index (χ2n) is 6.21. The van der Waals surface area contributed by atoms with Crippen molar-refractivity contribution in [3.05, 3.63) is 47.5 Å². The van der Waals surface area contributed by atoms with Crippen molar-refractivity contribution in [3.8, 4) is 0 Å². The Bertz CT molecular complexity index is 617. The Hall–Kier alpha value is -2.17. The largest absolute Gasteiger partial charge is 0.384 e. The van der Waals surface area contributed by atoms with Crippen molar-refractivity contribution in [1.82, 2.24) is 9.97 Å². The Labute approximate surface area is 124 Å². The molecule has 0 aliphatic rings. The maximum absolute atomic E-state index is 12.9. The number of halogens is 1. The van der Waals surface area contributed by atoms with E-state index in [0.29, 0.717) is 18.2 Å². The van der Waals surface area contributed by atoms with E-state index in [9.17, 15) is 4.39 Å². The predicted molar refractivity (Wildman–Crippen MR) is 83.7 cm³/mol. The Morgan fingerprint density at radius 3 is 2.33 bits per heavy atom. The van der Waals surface area contributed by atoms with Crippen LogP contribution < -0.4 is 10.6 Å². The average molecular weight is 288 g/mol. The molecule has 0 unspecified atom stereocenters. The van der Waals surface area contributed by atoms with Crippen LogP contribution in [0.5, 0.6) is 0 Å². The molecule has 5 heteroatoms. The van der Waals surface area contributed by atoms with Gasteiger partial charge in [0, 0.05) is 25.1 Å². The van der Waals surface area contributed by atoms with Crippen molar-refractivity contribution < 1.29 is 4.39 Å². The molecule has 0 radical (unpaired) electrons. The summed E-state index contributed by atoms with van der Waals surface area (Å²) in [7, 11) is 1.93. The third-order valence-electron chi connectivity index (χ3n) is 3.13. The predicted octanol–water partition coefficient (Wildman–Crippen LogP) is 3.13. The van der Waals surface area contributed by atoms with Crippen LogP contribution in [0.15, 0.2) is 30.3 Å². The van der Waals surface area contributed by atoms with Gasteiger partial charge in [0.25, 0.3) is 0 Å². The maximum Gasteiger partial charge on any atom is 0.138 e. The number of anilines is 2. The van der Waals surface area contributed by atoms with Crippen molar-refractivity contribution >= 4 is 11.6 Å². The minimum absolute atomic E-state index is 0.166. The molecule has 1 aromatic heterocycles. The van der Waals surface area contributed by atoms with E-state index < -0.39 is 0 Å². The first-order valence-electron chi connectivity index (χ1n) is 6.86. The molecule has 4 nitrogen and oxygen atoms in total. The van der Waals surface area contributed by atoms with Crippen molar-refractivity contribution in [2.75, 3.05) is 17.7 Å². The molecule has 2 N–H and O–H groups in total. The Morgan fingerprint density at radius 2 is 1.76 bits per heavy atom. The normalized spacial score (nSPS) is 11.5. The minimum Gasteiger partial charge on any atom is -0.384 e. The lowest BCUT2D eigenvalue weighted by molar-refractivity contribution is 0.545. The standard InChI is InChI=1S/C16H21FN4/c1-16(2,3)15-19-13(18)9-14(20-15)21(4)10-11-5-7-12(17)8-6-11/h5-9H,10H2,1-4H3,(H2,18,19,20). The lowest BCUT2D eigenvalue weighted by atomic mass is 9.96. The van der Waals surface area contributed by atoms with Gasteiger partial charge in [-0.15, -0.1) is 0 Å². The van der Waals surface area contributed by atoms with E-state index in [0.717, 1.165) is 11.4 Å². The smallest absolute Gasteiger partial charge is 0.138 e. The SMILES string of the molecule is CN(Cc1ccc(F)cc1)c1cc(N)nc(C(C)(C)C)n1. The number of rotatable bonds is 3. The summed E-state index contributed by atoms with van der Waals surface area (Å²) in [4.78, 5) is 10.8. The molecule has 0 aliphatic heterocycles. The number of nitrogens with two attached hydrogens (primary N) is 1. The van der Waals surface area contributed by atoms with Gasteiger partial charge in [-0.2, -0.15) is 0 Å². The van der Waals surface area contributed by atoms with E-state index >= 15 is 0 Å². The number of benzene rings is 1. The summed E-state index contributed by atoms with van der Waals surface area (Å²) in [6, 6.07) is 8.19. The van der Waals surface area contributed by atoms with E-state index in [-0.39, 0.29) is 11.2 Å². The van der Waals surface area contributed by atoms with Gasteiger partial charge in [0.2, 0.25) is 0 Å². The van der Waals surface area contributed by atoms with Crippen LogP contribution in [0.4, 0.5) is 16.0 Å². The number of hydrogen-bond donors (Lipinski definition) is 1. The van der Waals surface area contributed by atoms with Gasteiger partial charge in [0.05, 0.1) is 0 Å². The highest BCUT2D eigenvalue weighted by atomic mass is 19.1. The molecule has 2 rings (SSSR count). The van der Waals surface area contributed by atoms with Gasteiger partial charge in [-0.1, -0.05) is 32.9 Å². The van der Waals surface area contributed by atoms with Gasteiger partial charge in [-0.05, 0) is 17.7 Å². The van der Waals surface area contributed by atoms with Gasteiger partial charge in [0.1, 0.15) is 23.3 Å². The van der Waals surface area contributed by atoms with Crippen LogP contribution in [0.1, 0.15) is 32.2 Å². The molecular formula is C16H21FN4. The highest BCUT2D eigenvalue weighted by Gasteiger charge is 2.19. The molecular weight excluding hydrogens is 267 g/mol. The molecule has 0 amide bonds. The third-order valence-corrected chi connectivity index (χ3v) is 3.13. The number of hydrogen-bond acceptors (Lipinski definition) is 4. The van der Waals surface area contributed by atoms with Crippen LogP contribution in [-0.2, 0) is 12.0 Å². The number of aromatic nitrogens is 2. The zero-order chi connectivity index (χ0) is 15.6. The fourth-order valence-electron chi connectivity index (χ4n) is 1.93. The van der Waals surface area contributed by atoms with E-state index in [1.165, 1.54) is 12.1 Å². The van der Waals surface area contributed by atoms with Crippen LogP contribution >= 0.6 is 0 Å². The summed E-state index contributed by atoms with van der Waals surface area (Å²) in [5.41, 5.74) is 6.72. The quantitative estimate of drug-likeness (QED) is 0.942. The summed E-state index contributed by atoms with van der Waals surface area (Å²) in [5.74, 6) is 1.69. The lowest BCUT2D eigenvalue weighted by Crippen LogP contribution is -2.22. The number of nitrogens with zero attached hydrogens (tertiary/aromatic N) is 3. The first-order chi connectivity index (χ1) is 9.75. The number of nitrogen functional groups attached to an aromatic ring is 1. The van der Waals surface area contributed by atoms with Gasteiger partial charge in [0.15, 0.2) is 0 Å². The molecule has 1 heterocycles. The molecule has 21 heavy (non-hydrogen) atoms. The van der Waals surface area contributed by atoms with E-state index in [4.69, 9.17) is 5.73 Å². The van der Waals surface area contributed by atoms with Crippen LogP contribution in [0.25, 0.3) is 0 Å². The average Bonchev–Trinajstić information content (AvgIpc) is 2.39. The van der Waals surface area contributed by atoms with E-state index in [1.807, 2.05) is 32.7 Å². The van der Waals surface area contributed by atoms with Crippen LogP contribution in [0, 0.1) is 5.82 Å². The zero-order valence-corrected chi connectivity index (χ0v) is 12.9. The van der Waals surface area contributed by atoms with E-state index in [1.54, 1.807) is 18.2 Å². The third kappa shape index (κ3) is 3.90. The molecule has 0 atom stereocenters. The van der Waals surface area contributed by atoms with Crippen LogP contribution in [-0.4, -0.2) is 17.0 Å². The van der Waals surface area contributed by atoms with Gasteiger partial charge in [-0.25, -0.2) is 14.4 Å². The van der Waals surface area contributed by atoms with Crippen molar-refractivity contribution in [3.63, 3.8) is 0 Å². The molecule has 2 aromatic rings. The molecule has 0 spiro atoms.